The second kappa shape index (κ2) is 7.15. The normalized spacial score (nSPS) is 19.2. The van der Waals surface area contributed by atoms with E-state index in [0.29, 0.717) is 31.3 Å². The maximum absolute atomic E-state index is 12.7. The Morgan fingerprint density at radius 1 is 1.38 bits per heavy atom. The average molecular weight is 358 g/mol. The number of carbonyl (C=O) groups is 1. The maximum atomic E-state index is 12.7. The minimum atomic E-state index is -0.157. The lowest BCUT2D eigenvalue weighted by molar-refractivity contribution is 0.0889. The Hall–Kier alpha value is -2.28. The number of carbonyl (C=O) groups excluding carboxylic acids is 1. The molecule has 2 aromatic heterocycles. The summed E-state index contributed by atoms with van der Waals surface area (Å²) in [6.07, 6.45) is 4.04. The first-order chi connectivity index (χ1) is 12.6. The summed E-state index contributed by atoms with van der Waals surface area (Å²) in [5.74, 6) is 2.21. The van der Waals surface area contributed by atoms with Crippen LogP contribution < -0.4 is 10.1 Å². The zero-order valence-corrected chi connectivity index (χ0v) is 15.4. The molecule has 0 aromatic carbocycles. The largest absolute Gasteiger partial charge is 0.476 e. The molecule has 1 N–H and O–H groups in total. The van der Waals surface area contributed by atoms with Crippen LogP contribution in [0.1, 0.15) is 47.6 Å². The molecule has 0 bridgehead atoms. The van der Waals surface area contributed by atoms with Crippen LogP contribution in [0.4, 0.5) is 0 Å². The maximum Gasteiger partial charge on any atom is 0.272 e. The molecule has 2 aromatic rings. The monoisotopic (exact) mass is 358 g/mol. The molecule has 7 nitrogen and oxygen atoms in total. The zero-order chi connectivity index (χ0) is 18.1. The van der Waals surface area contributed by atoms with Crippen LogP contribution in [0, 0.1) is 12.8 Å². The van der Waals surface area contributed by atoms with Gasteiger partial charge < -0.3 is 14.5 Å². The number of aromatic nitrogens is 2. The fourth-order valence-electron chi connectivity index (χ4n) is 3.82. The van der Waals surface area contributed by atoms with Crippen LogP contribution in [-0.4, -0.2) is 46.8 Å². The number of ether oxygens (including phenoxy) is 1. The van der Waals surface area contributed by atoms with Gasteiger partial charge in [0.15, 0.2) is 5.69 Å². The molecule has 4 heterocycles. The first-order valence-electron chi connectivity index (χ1n) is 9.39. The summed E-state index contributed by atoms with van der Waals surface area (Å²) in [4.78, 5) is 15.1. The summed E-state index contributed by atoms with van der Waals surface area (Å²) in [5.41, 5.74) is 1.26. The van der Waals surface area contributed by atoms with Crippen LogP contribution in [0.25, 0.3) is 0 Å². The fraction of sp³-hybridized carbons (Fsp3) is 0.579. The molecule has 2 aliphatic heterocycles. The summed E-state index contributed by atoms with van der Waals surface area (Å²) >= 11 is 0. The third-order valence-electron chi connectivity index (χ3n) is 5.47. The predicted octanol–water partition coefficient (Wildman–Crippen LogP) is 2.38. The molecule has 1 amide bonds. The summed E-state index contributed by atoms with van der Waals surface area (Å²) in [6.45, 7) is 8.05. The van der Waals surface area contributed by atoms with Crippen LogP contribution in [0.15, 0.2) is 22.8 Å². The topological polar surface area (TPSA) is 72.5 Å². The van der Waals surface area contributed by atoms with Crippen molar-refractivity contribution in [1.82, 2.24) is 20.0 Å². The van der Waals surface area contributed by atoms with Crippen molar-refractivity contribution < 1.29 is 13.9 Å². The molecule has 1 saturated heterocycles. The third kappa shape index (κ3) is 3.23. The van der Waals surface area contributed by atoms with Gasteiger partial charge in [0, 0.05) is 12.1 Å². The number of likely N-dealkylation sites (tertiary alicyclic amines) is 1. The number of fused-ring (bicyclic) bond motifs is 1. The van der Waals surface area contributed by atoms with Crippen LogP contribution in [0.2, 0.25) is 0 Å². The molecule has 1 unspecified atom stereocenters. The Morgan fingerprint density at radius 2 is 2.19 bits per heavy atom. The van der Waals surface area contributed by atoms with Gasteiger partial charge in [0.1, 0.15) is 12.4 Å². The molecular weight excluding hydrogens is 332 g/mol. The highest BCUT2D eigenvalue weighted by molar-refractivity contribution is 5.94. The first-order valence-corrected chi connectivity index (χ1v) is 9.39. The number of nitrogens with zero attached hydrogens (tertiary/aromatic N) is 3. The fourth-order valence-corrected chi connectivity index (χ4v) is 3.82. The van der Waals surface area contributed by atoms with Gasteiger partial charge >= 0.3 is 0 Å². The summed E-state index contributed by atoms with van der Waals surface area (Å²) in [6, 6.07) is 3.93. The van der Waals surface area contributed by atoms with Crippen molar-refractivity contribution in [1.29, 1.82) is 0 Å². The van der Waals surface area contributed by atoms with E-state index in [1.165, 1.54) is 12.8 Å². The van der Waals surface area contributed by atoms with Gasteiger partial charge in [-0.2, -0.15) is 5.10 Å². The SMILES string of the molecule is Cc1c(C(=O)NCC(c2ccco2)N2CCC(C)CC2)nn2c1OCC2. The smallest absolute Gasteiger partial charge is 0.272 e. The number of rotatable bonds is 5. The Kier molecular flexibility index (Phi) is 4.72. The van der Waals surface area contributed by atoms with Crippen molar-refractivity contribution in [3.05, 3.63) is 35.4 Å². The summed E-state index contributed by atoms with van der Waals surface area (Å²) in [5, 5.41) is 7.45. The van der Waals surface area contributed by atoms with Gasteiger partial charge in [-0.25, -0.2) is 4.68 Å². The second-order valence-corrected chi connectivity index (χ2v) is 7.31. The zero-order valence-electron chi connectivity index (χ0n) is 15.4. The van der Waals surface area contributed by atoms with Crippen molar-refractivity contribution in [2.75, 3.05) is 26.2 Å². The van der Waals surface area contributed by atoms with E-state index < -0.39 is 0 Å². The summed E-state index contributed by atoms with van der Waals surface area (Å²) < 4.78 is 13.0. The van der Waals surface area contributed by atoms with Gasteiger partial charge in [-0.3, -0.25) is 9.69 Å². The number of piperidine rings is 1. The van der Waals surface area contributed by atoms with Gasteiger partial charge in [0.25, 0.3) is 5.91 Å². The van der Waals surface area contributed by atoms with Gasteiger partial charge in [-0.15, -0.1) is 0 Å². The Morgan fingerprint density at radius 3 is 2.88 bits per heavy atom. The second-order valence-electron chi connectivity index (χ2n) is 7.31. The highest BCUT2D eigenvalue weighted by atomic mass is 16.5. The first kappa shape index (κ1) is 17.1. The van der Waals surface area contributed by atoms with E-state index in [1.54, 1.807) is 10.9 Å². The van der Waals surface area contributed by atoms with Gasteiger partial charge in [0.05, 0.1) is 18.8 Å². The van der Waals surface area contributed by atoms with Crippen molar-refractivity contribution in [2.45, 2.75) is 39.3 Å². The van der Waals surface area contributed by atoms with E-state index in [1.807, 2.05) is 19.1 Å². The number of furan rings is 1. The molecular formula is C19H26N4O3. The highest BCUT2D eigenvalue weighted by Crippen LogP contribution is 2.28. The van der Waals surface area contributed by atoms with Gasteiger partial charge in [-0.1, -0.05) is 6.92 Å². The van der Waals surface area contributed by atoms with E-state index in [-0.39, 0.29) is 11.9 Å². The molecule has 1 atom stereocenters. The van der Waals surface area contributed by atoms with Crippen molar-refractivity contribution >= 4 is 5.91 Å². The van der Waals surface area contributed by atoms with Crippen LogP contribution in [0.3, 0.4) is 0 Å². The molecule has 1 fully saturated rings. The molecule has 0 saturated carbocycles. The number of amides is 1. The highest BCUT2D eigenvalue weighted by Gasteiger charge is 2.29. The quantitative estimate of drug-likeness (QED) is 0.888. The number of hydrogen-bond acceptors (Lipinski definition) is 5. The van der Waals surface area contributed by atoms with Gasteiger partial charge in [0.2, 0.25) is 5.88 Å². The van der Waals surface area contributed by atoms with Crippen LogP contribution >= 0.6 is 0 Å². The molecule has 26 heavy (non-hydrogen) atoms. The molecule has 4 rings (SSSR count). The minimum Gasteiger partial charge on any atom is -0.476 e. The number of hydrogen-bond donors (Lipinski definition) is 1. The van der Waals surface area contributed by atoms with E-state index in [2.05, 4.69) is 22.2 Å². The lowest BCUT2D eigenvalue weighted by Crippen LogP contribution is -2.42. The van der Waals surface area contributed by atoms with Crippen molar-refractivity contribution in [2.24, 2.45) is 5.92 Å². The van der Waals surface area contributed by atoms with Crippen LogP contribution in [-0.2, 0) is 6.54 Å². The molecule has 7 heteroatoms. The molecule has 0 radical (unpaired) electrons. The Labute approximate surface area is 153 Å². The molecule has 0 aliphatic carbocycles. The average Bonchev–Trinajstić information content (AvgIpc) is 3.36. The van der Waals surface area contributed by atoms with E-state index >= 15 is 0 Å². The van der Waals surface area contributed by atoms with Gasteiger partial charge in [-0.05, 0) is 50.9 Å². The van der Waals surface area contributed by atoms with E-state index in [0.717, 1.165) is 30.3 Å². The van der Waals surface area contributed by atoms with Crippen molar-refractivity contribution in [3.8, 4) is 5.88 Å². The predicted molar refractivity (Wildman–Crippen MR) is 96.2 cm³/mol. The number of nitrogens with one attached hydrogen (secondary N) is 1. The summed E-state index contributed by atoms with van der Waals surface area (Å²) in [7, 11) is 0. The lowest BCUT2D eigenvalue weighted by atomic mass is 9.97. The minimum absolute atomic E-state index is 0.0486. The molecule has 0 spiro atoms. The van der Waals surface area contributed by atoms with Crippen LogP contribution in [0.5, 0.6) is 5.88 Å². The van der Waals surface area contributed by atoms with E-state index in [4.69, 9.17) is 9.15 Å². The van der Waals surface area contributed by atoms with Crippen molar-refractivity contribution in [3.63, 3.8) is 0 Å². The third-order valence-corrected chi connectivity index (χ3v) is 5.47. The standard InChI is InChI=1S/C19H26N4O3/c1-13-5-7-22(8-6-13)15(16-4-3-10-25-16)12-20-18(24)17-14(2)19-23(21-17)9-11-26-19/h3-4,10,13,15H,5-9,11-12H2,1-2H3,(H,20,24). The Balaban J connectivity index is 1.45. The molecule has 2 aliphatic rings. The molecule has 140 valence electrons. The lowest BCUT2D eigenvalue weighted by Gasteiger charge is -2.35. The Bertz CT molecular complexity index is 760. The van der Waals surface area contributed by atoms with E-state index in [9.17, 15) is 4.79 Å².